The van der Waals surface area contributed by atoms with E-state index in [0.29, 0.717) is 18.8 Å². The molecule has 12 nitrogen and oxygen atoms in total. The minimum atomic E-state index is -0.0324. The van der Waals surface area contributed by atoms with Crippen molar-refractivity contribution in [2.75, 3.05) is 40.8 Å². The molecule has 1 aliphatic heterocycles. The van der Waals surface area contributed by atoms with Crippen LogP contribution in [0.2, 0.25) is 0 Å². The Kier molecular flexibility index (Phi) is 85.7. The second-order valence-electron chi connectivity index (χ2n) is 8.98. The number of ketones is 6. The molecule has 0 aromatic carbocycles. The van der Waals surface area contributed by atoms with Gasteiger partial charge in [-0.2, -0.15) is 0 Å². The van der Waals surface area contributed by atoms with Gasteiger partial charge in [0.15, 0.2) is 11.5 Å². The van der Waals surface area contributed by atoms with Gasteiger partial charge in [-0.05, 0) is 121 Å². The lowest BCUT2D eigenvalue weighted by Crippen LogP contribution is -2.14. The number of methoxy groups -OCH3 is 1. The fourth-order valence-corrected chi connectivity index (χ4v) is 1.60. The van der Waals surface area contributed by atoms with E-state index in [1.807, 2.05) is 13.8 Å². The standard InChI is InChI=1S/C6H6O2.C5H11N.C4H9NO.4C3H6O.C2H4O2.C2H4O.C2H6.CH4/c1-5(7)6-3-2-4-8-6;1-6-4-2-3-5-6;1-4(6)3-5-2;4*1-3(2)4;1-4-2-3;1-2-3;1-2;/h2-4H,1H3;2-5H2,1H3;5H,3H2,1-2H3;4*1-2H3;2H,1H3;2H,1H3;1-2H3;1H4. The molecule has 1 fully saturated rings. The number of Topliss-reactive ketones (excluding diaryl/α,β-unsaturated/α-hetero) is 6. The highest BCUT2D eigenvalue weighted by Crippen LogP contribution is 2.02. The number of carbonyl (C=O) groups is 8. The van der Waals surface area contributed by atoms with Crippen LogP contribution in [0.15, 0.2) is 22.8 Å². The Morgan fingerprint density at radius 1 is 0.804 bits per heavy atom. The number of likely N-dealkylation sites (N-methyl/N-ethyl adjacent to an activating group) is 1. The van der Waals surface area contributed by atoms with Gasteiger partial charge in [0.1, 0.15) is 35.2 Å². The largest absolute Gasteiger partial charge is 0.471 e. The maximum absolute atomic E-state index is 10.4. The lowest BCUT2D eigenvalue weighted by Gasteiger charge is -2.01. The molecule has 46 heavy (non-hydrogen) atoms. The first-order chi connectivity index (χ1) is 20.7. The molecule has 12 heteroatoms. The quantitative estimate of drug-likeness (QED) is 0.293. The van der Waals surface area contributed by atoms with Crippen molar-refractivity contribution in [3.63, 3.8) is 0 Å². The van der Waals surface area contributed by atoms with E-state index < -0.39 is 0 Å². The van der Waals surface area contributed by atoms with Crippen molar-refractivity contribution in [3.05, 3.63) is 24.2 Å². The molecule has 0 aliphatic carbocycles. The zero-order valence-corrected chi connectivity index (χ0v) is 31.0. The number of hydrogen-bond donors (Lipinski definition) is 1. The highest BCUT2D eigenvalue weighted by Gasteiger charge is 2.03. The Bertz CT molecular complexity index is 752. The Labute approximate surface area is 280 Å². The first-order valence-corrected chi connectivity index (χ1v) is 14.3. The number of rotatable bonds is 4. The van der Waals surface area contributed by atoms with E-state index in [1.54, 1.807) is 26.1 Å². The van der Waals surface area contributed by atoms with Crippen LogP contribution in [-0.2, 0) is 38.3 Å². The maximum Gasteiger partial charge on any atom is 0.292 e. The van der Waals surface area contributed by atoms with Gasteiger partial charge in [-0.1, -0.05) is 21.3 Å². The van der Waals surface area contributed by atoms with E-state index in [4.69, 9.17) is 14.0 Å². The van der Waals surface area contributed by atoms with Gasteiger partial charge in [-0.15, -0.1) is 0 Å². The molecule has 1 aliphatic rings. The minimum Gasteiger partial charge on any atom is -0.471 e. The number of ether oxygens (including phenoxy) is 1. The molecule has 0 atom stereocenters. The average molecular weight is 665 g/mol. The minimum absolute atomic E-state index is 0. The Morgan fingerprint density at radius 3 is 1.15 bits per heavy atom. The van der Waals surface area contributed by atoms with Crippen LogP contribution in [0.4, 0.5) is 0 Å². The van der Waals surface area contributed by atoms with Crippen molar-refractivity contribution in [3.8, 4) is 0 Å². The van der Waals surface area contributed by atoms with Crippen molar-refractivity contribution < 1.29 is 47.5 Å². The van der Waals surface area contributed by atoms with Crippen LogP contribution in [-0.4, -0.2) is 93.2 Å². The molecule has 1 N–H and O–H groups in total. The average Bonchev–Trinajstić information content (AvgIpc) is 3.60. The molecule has 0 radical (unpaired) electrons. The number of furan rings is 1. The molecular formula is C34H68N2O10. The topological polar surface area (TPSA) is 174 Å². The molecule has 274 valence electrons. The summed E-state index contributed by atoms with van der Waals surface area (Å²) in [6.07, 6.45) is 5.06. The SMILES string of the molecule is C.CC.CC(=O)c1ccco1.CC(C)=O.CC(C)=O.CC(C)=O.CC(C)=O.CC=O.CN1CCCC1.CNCC(C)=O.COC=O. The summed E-state index contributed by atoms with van der Waals surface area (Å²) in [7, 11) is 5.24. The molecule has 2 rings (SSSR count). The van der Waals surface area contributed by atoms with Crippen LogP contribution in [0, 0.1) is 0 Å². The zero-order valence-electron chi connectivity index (χ0n) is 31.0. The third-order valence-electron chi connectivity index (χ3n) is 2.72. The molecule has 0 saturated carbocycles. The van der Waals surface area contributed by atoms with E-state index >= 15 is 0 Å². The predicted octanol–water partition coefficient (Wildman–Crippen LogP) is 6.03. The summed E-state index contributed by atoms with van der Waals surface area (Å²) in [6.45, 7) is 24.2. The van der Waals surface area contributed by atoms with Crippen LogP contribution >= 0.6 is 0 Å². The summed E-state index contributed by atoms with van der Waals surface area (Å²) in [6, 6.07) is 3.33. The molecular weight excluding hydrogens is 596 g/mol. The maximum atomic E-state index is 10.4. The summed E-state index contributed by atoms with van der Waals surface area (Å²) in [5, 5.41) is 2.72. The van der Waals surface area contributed by atoms with Crippen LogP contribution in [0.25, 0.3) is 0 Å². The van der Waals surface area contributed by atoms with Gasteiger partial charge in [0.25, 0.3) is 6.47 Å². The van der Waals surface area contributed by atoms with Gasteiger partial charge in [0, 0.05) is 6.92 Å². The van der Waals surface area contributed by atoms with E-state index in [2.05, 4.69) is 22.0 Å². The number of nitrogens with zero attached hydrogens (tertiary/aromatic N) is 1. The molecule has 0 bridgehead atoms. The molecule has 2 heterocycles. The van der Waals surface area contributed by atoms with Gasteiger partial charge in [-0.25, -0.2) is 0 Å². The fourth-order valence-electron chi connectivity index (χ4n) is 1.60. The summed E-state index contributed by atoms with van der Waals surface area (Å²) < 4.78 is 8.61. The van der Waals surface area contributed by atoms with Crippen LogP contribution in [0.1, 0.15) is 121 Å². The molecule has 1 aromatic rings. The summed E-state index contributed by atoms with van der Waals surface area (Å²) >= 11 is 0. The van der Waals surface area contributed by atoms with Gasteiger partial charge in [0.2, 0.25) is 0 Å². The highest BCUT2D eigenvalue weighted by atomic mass is 16.5. The van der Waals surface area contributed by atoms with E-state index in [9.17, 15) is 28.8 Å². The highest BCUT2D eigenvalue weighted by molar-refractivity contribution is 5.91. The van der Waals surface area contributed by atoms with Crippen LogP contribution in [0.3, 0.4) is 0 Å². The predicted molar refractivity (Wildman–Crippen MR) is 188 cm³/mol. The summed E-state index contributed by atoms with van der Waals surface area (Å²) in [4.78, 5) is 78.3. The van der Waals surface area contributed by atoms with E-state index in [0.717, 1.165) is 6.29 Å². The first-order valence-electron chi connectivity index (χ1n) is 14.3. The monoisotopic (exact) mass is 664 g/mol. The van der Waals surface area contributed by atoms with Crippen molar-refractivity contribution in [1.82, 2.24) is 10.2 Å². The number of nitrogens with one attached hydrogen (secondary N) is 1. The summed E-state index contributed by atoms with van der Waals surface area (Å²) in [5.41, 5.74) is 0. The van der Waals surface area contributed by atoms with Gasteiger partial charge < -0.3 is 43.3 Å². The van der Waals surface area contributed by atoms with Crippen molar-refractivity contribution in [2.24, 2.45) is 0 Å². The number of carbonyl (C=O) groups excluding carboxylic acids is 8. The lowest BCUT2D eigenvalue weighted by molar-refractivity contribution is -0.126. The number of likely N-dealkylation sites (tertiary alicyclic amines) is 1. The second kappa shape index (κ2) is 60.5. The number of hydrogen-bond acceptors (Lipinski definition) is 12. The van der Waals surface area contributed by atoms with Crippen LogP contribution in [0.5, 0.6) is 0 Å². The third-order valence-corrected chi connectivity index (χ3v) is 2.72. The van der Waals surface area contributed by atoms with Crippen molar-refractivity contribution in [1.29, 1.82) is 0 Å². The first kappa shape index (κ1) is 65.1. The van der Waals surface area contributed by atoms with Crippen molar-refractivity contribution in [2.45, 2.75) is 110 Å². The second-order valence-corrected chi connectivity index (χ2v) is 8.98. The van der Waals surface area contributed by atoms with Crippen LogP contribution < -0.4 is 5.32 Å². The lowest BCUT2D eigenvalue weighted by atomic mass is 10.3. The van der Waals surface area contributed by atoms with E-state index in [1.165, 1.54) is 109 Å². The van der Waals surface area contributed by atoms with Crippen molar-refractivity contribution >= 4 is 47.5 Å². The van der Waals surface area contributed by atoms with E-state index in [-0.39, 0.29) is 42.1 Å². The fraction of sp³-hybridized carbons (Fsp3) is 0.647. The molecule has 0 unspecified atom stereocenters. The van der Waals surface area contributed by atoms with Gasteiger partial charge >= 0.3 is 0 Å². The zero-order chi connectivity index (χ0) is 37.8. The molecule has 1 aromatic heterocycles. The van der Waals surface area contributed by atoms with Gasteiger partial charge in [0.05, 0.1) is 19.9 Å². The van der Waals surface area contributed by atoms with Gasteiger partial charge in [-0.3, -0.25) is 14.4 Å². The Hall–Kier alpha value is -3.64. The number of aldehydes is 1. The molecule has 1 saturated heterocycles. The summed E-state index contributed by atoms with van der Waals surface area (Å²) in [5.74, 6) is 1.23. The Balaban J connectivity index is -0.0000000482. The smallest absolute Gasteiger partial charge is 0.292 e. The Morgan fingerprint density at radius 2 is 1.09 bits per heavy atom. The normalized spacial score (nSPS) is 9.13. The molecule has 0 spiro atoms. The molecule has 0 amide bonds. The third kappa shape index (κ3) is 185.